The summed E-state index contributed by atoms with van der Waals surface area (Å²) in [4.78, 5) is 5.88. The predicted molar refractivity (Wildman–Crippen MR) is 125 cm³/mol. The minimum absolute atomic E-state index is 0.559. The van der Waals surface area contributed by atoms with E-state index in [-0.39, 0.29) is 0 Å². The van der Waals surface area contributed by atoms with Gasteiger partial charge in [0.15, 0.2) is 0 Å². The molecule has 31 heavy (non-hydrogen) atoms. The number of benzene rings is 2. The molecule has 0 spiro atoms. The van der Waals surface area contributed by atoms with Crippen molar-refractivity contribution in [1.82, 2.24) is 4.98 Å². The fraction of sp³-hybridized carbons (Fsp3) is 0.0800. The zero-order valence-electron chi connectivity index (χ0n) is 16.7. The Morgan fingerprint density at radius 3 is 2.39 bits per heavy atom. The zero-order chi connectivity index (χ0) is 21.6. The first kappa shape index (κ1) is 20.7. The Morgan fingerprint density at radius 2 is 1.77 bits per heavy atom. The number of thioether (sulfide) groups is 1. The molecule has 6 heteroatoms. The molecule has 2 aromatic heterocycles. The van der Waals surface area contributed by atoms with E-state index in [0.717, 1.165) is 33.0 Å². The number of pyridine rings is 1. The minimum Gasteiger partial charge on any atom is -0.497 e. The Hall–Kier alpha value is -3.58. The summed E-state index contributed by atoms with van der Waals surface area (Å²) in [7, 11) is 1.63. The normalized spacial score (nSPS) is 10.3. The van der Waals surface area contributed by atoms with Crippen LogP contribution < -0.4 is 4.74 Å². The van der Waals surface area contributed by atoms with Crippen LogP contribution in [0.4, 0.5) is 0 Å². The molecule has 0 aliphatic heterocycles. The average Bonchev–Trinajstić information content (AvgIpc) is 3.37. The first-order chi connectivity index (χ1) is 15.2. The van der Waals surface area contributed by atoms with Crippen LogP contribution in [0.25, 0.3) is 21.7 Å². The molecule has 0 saturated carbocycles. The largest absolute Gasteiger partial charge is 0.497 e. The van der Waals surface area contributed by atoms with Gasteiger partial charge in [-0.15, -0.1) is 23.1 Å². The maximum Gasteiger partial charge on any atom is 0.118 e. The van der Waals surface area contributed by atoms with Gasteiger partial charge in [-0.05, 0) is 52.9 Å². The van der Waals surface area contributed by atoms with E-state index in [1.165, 1.54) is 11.8 Å². The number of hydrogen-bond acceptors (Lipinski definition) is 6. The monoisotopic (exact) mass is 439 g/mol. The molecule has 4 aromatic rings. The van der Waals surface area contributed by atoms with Crippen LogP contribution in [0.1, 0.15) is 16.7 Å². The van der Waals surface area contributed by atoms with E-state index in [2.05, 4.69) is 12.1 Å². The molecule has 0 bridgehead atoms. The molecule has 0 atom stereocenters. The summed E-state index contributed by atoms with van der Waals surface area (Å²) in [5, 5.41) is 21.7. The van der Waals surface area contributed by atoms with Crippen molar-refractivity contribution in [1.29, 1.82) is 10.5 Å². The van der Waals surface area contributed by atoms with E-state index in [4.69, 9.17) is 15.0 Å². The van der Waals surface area contributed by atoms with E-state index in [1.807, 2.05) is 60.0 Å². The molecule has 4 nitrogen and oxygen atoms in total. The van der Waals surface area contributed by atoms with Gasteiger partial charge in [0.25, 0.3) is 0 Å². The number of rotatable bonds is 6. The number of thiophene rings is 1. The van der Waals surface area contributed by atoms with Crippen LogP contribution in [0, 0.1) is 22.7 Å². The topological polar surface area (TPSA) is 69.7 Å². The summed E-state index contributed by atoms with van der Waals surface area (Å²) in [5.74, 6) is 1.42. The van der Waals surface area contributed by atoms with Gasteiger partial charge < -0.3 is 4.74 Å². The van der Waals surface area contributed by atoms with Crippen LogP contribution in [0.2, 0.25) is 0 Å². The fourth-order valence-electron chi connectivity index (χ4n) is 3.11. The second-order valence-corrected chi connectivity index (χ2v) is 8.56. The van der Waals surface area contributed by atoms with Crippen LogP contribution in [0.5, 0.6) is 5.75 Å². The van der Waals surface area contributed by atoms with Crippen molar-refractivity contribution in [3.63, 3.8) is 0 Å². The summed E-state index contributed by atoms with van der Waals surface area (Å²) in [6.07, 6.45) is 0. The van der Waals surface area contributed by atoms with Gasteiger partial charge in [0.1, 0.15) is 16.8 Å². The Kier molecular flexibility index (Phi) is 6.33. The first-order valence-electron chi connectivity index (χ1n) is 9.47. The molecule has 0 radical (unpaired) electrons. The number of methoxy groups -OCH3 is 1. The van der Waals surface area contributed by atoms with E-state index in [0.29, 0.717) is 21.9 Å². The van der Waals surface area contributed by atoms with Crippen LogP contribution in [0.3, 0.4) is 0 Å². The molecule has 0 saturated heterocycles. The predicted octanol–water partition coefficient (Wildman–Crippen LogP) is 6.52. The van der Waals surface area contributed by atoms with Crippen LogP contribution in [-0.2, 0) is 5.75 Å². The molecular formula is C25H17N3OS2. The molecule has 2 heterocycles. The minimum atomic E-state index is 0.559. The number of aromatic nitrogens is 1. The SMILES string of the molecule is COc1ccc(-c2cc(-c3cccs3)nc(SCc3ccc(C#N)cc3)c2C#N)cc1. The molecule has 0 fully saturated rings. The molecule has 2 aromatic carbocycles. The first-order valence-corrected chi connectivity index (χ1v) is 11.3. The summed E-state index contributed by atoms with van der Waals surface area (Å²) in [6, 6.07) is 25.7. The van der Waals surface area contributed by atoms with Crippen LogP contribution in [0.15, 0.2) is 77.1 Å². The molecular weight excluding hydrogens is 422 g/mol. The van der Waals surface area contributed by atoms with Crippen molar-refractivity contribution in [2.24, 2.45) is 0 Å². The summed E-state index contributed by atoms with van der Waals surface area (Å²) < 4.78 is 5.27. The lowest BCUT2D eigenvalue weighted by Gasteiger charge is -2.12. The Morgan fingerprint density at radius 1 is 1.00 bits per heavy atom. The molecule has 0 aliphatic carbocycles. The van der Waals surface area contributed by atoms with Crippen molar-refractivity contribution in [2.75, 3.05) is 7.11 Å². The second kappa shape index (κ2) is 9.49. The third-order valence-electron chi connectivity index (χ3n) is 4.73. The lowest BCUT2D eigenvalue weighted by Crippen LogP contribution is -1.96. The molecule has 150 valence electrons. The van der Waals surface area contributed by atoms with Gasteiger partial charge >= 0.3 is 0 Å². The quantitative estimate of drug-likeness (QED) is 0.320. The molecule has 4 rings (SSSR count). The number of nitrogens with zero attached hydrogens (tertiary/aromatic N) is 3. The number of ether oxygens (including phenoxy) is 1. The van der Waals surface area contributed by atoms with Crippen molar-refractivity contribution >= 4 is 23.1 Å². The standard InChI is InChI=1S/C25H17N3OS2/c1-29-20-10-8-19(9-11-20)21-13-23(24-3-2-12-30-24)28-25(22(21)15-27)31-16-18-6-4-17(14-26)5-7-18/h2-13H,16H2,1H3. The van der Waals surface area contributed by atoms with E-state index < -0.39 is 0 Å². The van der Waals surface area contributed by atoms with E-state index in [1.54, 1.807) is 30.6 Å². The molecule has 0 aliphatic rings. The van der Waals surface area contributed by atoms with Crippen molar-refractivity contribution in [3.8, 4) is 39.6 Å². The van der Waals surface area contributed by atoms with Crippen molar-refractivity contribution in [3.05, 3.63) is 88.8 Å². The highest BCUT2D eigenvalue weighted by atomic mass is 32.2. The van der Waals surface area contributed by atoms with Gasteiger partial charge in [-0.3, -0.25) is 0 Å². The van der Waals surface area contributed by atoms with Gasteiger partial charge in [-0.25, -0.2) is 4.98 Å². The van der Waals surface area contributed by atoms with Crippen LogP contribution >= 0.6 is 23.1 Å². The van der Waals surface area contributed by atoms with Gasteiger partial charge in [0.2, 0.25) is 0 Å². The smallest absolute Gasteiger partial charge is 0.118 e. The lowest BCUT2D eigenvalue weighted by molar-refractivity contribution is 0.415. The van der Waals surface area contributed by atoms with E-state index in [9.17, 15) is 5.26 Å². The number of hydrogen-bond donors (Lipinski definition) is 0. The summed E-state index contributed by atoms with van der Waals surface area (Å²) in [5.41, 5.74) is 4.91. The van der Waals surface area contributed by atoms with Crippen molar-refractivity contribution in [2.45, 2.75) is 10.8 Å². The molecule has 0 unspecified atom stereocenters. The Bertz CT molecular complexity index is 1270. The highest BCUT2D eigenvalue weighted by Gasteiger charge is 2.16. The van der Waals surface area contributed by atoms with Crippen LogP contribution in [-0.4, -0.2) is 12.1 Å². The van der Waals surface area contributed by atoms with Gasteiger partial charge in [0, 0.05) is 11.3 Å². The third-order valence-corrected chi connectivity index (χ3v) is 6.67. The van der Waals surface area contributed by atoms with Gasteiger partial charge in [-0.2, -0.15) is 10.5 Å². The van der Waals surface area contributed by atoms with Gasteiger partial charge in [0.05, 0.1) is 34.9 Å². The second-order valence-electron chi connectivity index (χ2n) is 6.65. The zero-order valence-corrected chi connectivity index (χ0v) is 18.3. The molecule has 0 N–H and O–H groups in total. The summed E-state index contributed by atoms with van der Waals surface area (Å²) in [6.45, 7) is 0. The third kappa shape index (κ3) is 4.62. The molecule has 0 amide bonds. The van der Waals surface area contributed by atoms with Gasteiger partial charge in [-0.1, -0.05) is 30.3 Å². The van der Waals surface area contributed by atoms with Crippen molar-refractivity contribution < 1.29 is 4.74 Å². The van der Waals surface area contributed by atoms with E-state index >= 15 is 0 Å². The lowest BCUT2D eigenvalue weighted by atomic mass is 10.0. The Labute approximate surface area is 189 Å². The average molecular weight is 440 g/mol. The Balaban J connectivity index is 1.76. The number of nitriles is 2. The fourth-order valence-corrected chi connectivity index (χ4v) is 4.76. The maximum absolute atomic E-state index is 9.99. The highest BCUT2D eigenvalue weighted by Crippen LogP contribution is 2.36. The maximum atomic E-state index is 9.99. The highest BCUT2D eigenvalue weighted by molar-refractivity contribution is 7.98. The summed E-state index contributed by atoms with van der Waals surface area (Å²) >= 11 is 3.15.